The number of rotatable bonds is 13. The number of para-hydroxylation sites is 1. The van der Waals surface area contributed by atoms with Crippen LogP contribution in [0.4, 0.5) is 0 Å². The molecule has 134 valence electrons. The van der Waals surface area contributed by atoms with Gasteiger partial charge in [0.25, 0.3) is 0 Å². The minimum Gasteiger partial charge on any atom is -0.287 e. The van der Waals surface area contributed by atoms with Gasteiger partial charge in [-0.05, 0) is 31.9 Å². The summed E-state index contributed by atoms with van der Waals surface area (Å²) in [6, 6.07) is 9.03. The van der Waals surface area contributed by atoms with E-state index in [1.807, 2.05) is 24.3 Å². The van der Waals surface area contributed by atoms with Crippen LogP contribution in [0.1, 0.15) is 78.1 Å². The second-order valence-corrected chi connectivity index (χ2v) is 6.27. The SMILES string of the molecule is CCCCCCCCCCCC=C(C)C(=O)OOc1ccccc1. The highest BCUT2D eigenvalue weighted by Gasteiger charge is 2.07. The Morgan fingerprint density at radius 2 is 1.50 bits per heavy atom. The van der Waals surface area contributed by atoms with Crippen LogP contribution >= 0.6 is 0 Å². The van der Waals surface area contributed by atoms with Gasteiger partial charge < -0.3 is 0 Å². The minimum atomic E-state index is -0.422. The van der Waals surface area contributed by atoms with Crippen molar-refractivity contribution in [3.8, 4) is 5.75 Å². The normalized spacial score (nSPS) is 11.3. The van der Waals surface area contributed by atoms with Crippen molar-refractivity contribution in [2.45, 2.75) is 78.1 Å². The Hall–Kier alpha value is -1.77. The lowest BCUT2D eigenvalue weighted by Gasteiger charge is -2.04. The maximum Gasteiger partial charge on any atom is 0.381 e. The molecule has 0 radical (unpaired) electrons. The molecule has 0 N–H and O–H groups in total. The average Bonchev–Trinajstić information content (AvgIpc) is 2.62. The van der Waals surface area contributed by atoms with Gasteiger partial charge in [0.15, 0.2) is 5.75 Å². The molecule has 1 aromatic carbocycles. The molecule has 0 aliphatic carbocycles. The number of carbonyl (C=O) groups is 1. The minimum absolute atomic E-state index is 0.422. The summed E-state index contributed by atoms with van der Waals surface area (Å²) in [6.45, 7) is 4.02. The summed E-state index contributed by atoms with van der Waals surface area (Å²) < 4.78 is 0. The van der Waals surface area contributed by atoms with Crippen LogP contribution in [0.3, 0.4) is 0 Å². The Morgan fingerprint density at radius 3 is 2.12 bits per heavy atom. The van der Waals surface area contributed by atoms with E-state index in [9.17, 15) is 4.79 Å². The van der Waals surface area contributed by atoms with Crippen molar-refractivity contribution in [1.82, 2.24) is 0 Å². The topological polar surface area (TPSA) is 35.5 Å². The average molecular weight is 332 g/mol. The summed E-state index contributed by atoms with van der Waals surface area (Å²) in [5.74, 6) is 0.104. The van der Waals surface area contributed by atoms with Crippen LogP contribution in [0.5, 0.6) is 5.75 Å². The summed E-state index contributed by atoms with van der Waals surface area (Å²) >= 11 is 0. The Labute approximate surface area is 147 Å². The summed E-state index contributed by atoms with van der Waals surface area (Å²) in [5.41, 5.74) is 0.602. The molecule has 3 nitrogen and oxygen atoms in total. The summed E-state index contributed by atoms with van der Waals surface area (Å²) in [7, 11) is 0. The van der Waals surface area contributed by atoms with Crippen LogP contribution in [-0.2, 0) is 9.68 Å². The Balaban J connectivity index is 2.04. The van der Waals surface area contributed by atoms with Crippen LogP contribution in [0, 0.1) is 0 Å². The van der Waals surface area contributed by atoms with Crippen LogP contribution in [-0.4, -0.2) is 5.97 Å². The molecule has 0 aliphatic heterocycles. The van der Waals surface area contributed by atoms with Gasteiger partial charge in [0.1, 0.15) is 0 Å². The summed E-state index contributed by atoms with van der Waals surface area (Å²) in [6.07, 6.45) is 14.6. The number of benzene rings is 1. The first-order valence-corrected chi connectivity index (χ1v) is 9.34. The highest BCUT2D eigenvalue weighted by Crippen LogP contribution is 2.12. The highest BCUT2D eigenvalue weighted by molar-refractivity contribution is 5.87. The Bertz CT molecular complexity index is 465. The molecule has 0 saturated carbocycles. The van der Waals surface area contributed by atoms with Crippen LogP contribution < -0.4 is 4.89 Å². The standard InChI is InChI=1S/C21H32O3/c1-3-4-5-6-7-8-9-10-11-13-16-19(2)21(22)24-23-20-17-14-12-15-18-20/h12,14-18H,3-11,13H2,1-2H3. The predicted molar refractivity (Wildman–Crippen MR) is 98.8 cm³/mol. The van der Waals surface area contributed by atoms with E-state index in [4.69, 9.17) is 9.78 Å². The first-order chi connectivity index (χ1) is 11.7. The molecule has 24 heavy (non-hydrogen) atoms. The first kappa shape index (κ1) is 20.3. The quantitative estimate of drug-likeness (QED) is 0.182. The van der Waals surface area contributed by atoms with Crippen molar-refractivity contribution in [1.29, 1.82) is 0 Å². The van der Waals surface area contributed by atoms with Gasteiger partial charge in [0.05, 0.1) is 0 Å². The van der Waals surface area contributed by atoms with Gasteiger partial charge in [-0.1, -0.05) is 82.6 Å². The van der Waals surface area contributed by atoms with Gasteiger partial charge in [-0.25, -0.2) is 9.68 Å². The monoisotopic (exact) mass is 332 g/mol. The van der Waals surface area contributed by atoms with Gasteiger partial charge in [0.2, 0.25) is 0 Å². The van der Waals surface area contributed by atoms with E-state index in [-0.39, 0.29) is 0 Å². The number of unbranched alkanes of at least 4 members (excludes halogenated alkanes) is 9. The van der Waals surface area contributed by atoms with Gasteiger partial charge in [-0.15, -0.1) is 0 Å². The van der Waals surface area contributed by atoms with Crippen molar-refractivity contribution in [2.75, 3.05) is 0 Å². The van der Waals surface area contributed by atoms with Crippen molar-refractivity contribution in [3.05, 3.63) is 42.0 Å². The van der Waals surface area contributed by atoms with Crippen molar-refractivity contribution >= 4 is 5.97 Å². The molecule has 0 fully saturated rings. The molecule has 0 amide bonds. The molecule has 3 heteroatoms. The largest absolute Gasteiger partial charge is 0.381 e. The van der Waals surface area contributed by atoms with E-state index >= 15 is 0 Å². The third-order valence-electron chi connectivity index (χ3n) is 4.04. The number of allylic oxidation sites excluding steroid dienone is 1. The molecule has 0 heterocycles. The lowest BCUT2D eigenvalue weighted by Crippen LogP contribution is -2.09. The van der Waals surface area contributed by atoms with E-state index < -0.39 is 5.97 Å². The molecule has 1 rings (SSSR count). The third-order valence-corrected chi connectivity index (χ3v) is 4.04. The Kier molecular flexibility index (Phi) is 11.5. The molecule has 1 aromatic rings. The summed E-state index contributed by atoms with van der Waals surface area (Å²) in [5, 5.41) is 0. The number of hydrogen-bond donors (Lipinski definition) is 0. The maximum atomic E-state index is 11.8. The van der Waals surface area contributed by atoms with Gasteiger partial charge in [0, 0.05) is 5.57 Å². The van der Waals surface area contributed by atoms with Crippen LogP contribution in [0.15, 0.2) is 42.0 Å². The van der Waals surface area contributed by atoms with Gasteiger partial charge in [-0.2, -0.15) is 0 Å². The fourth-order valence-corrected chi connectivity index (χ4v) is 2.48. The van der Waals surface area contributed by atoms with E-state index in [1.165, 1.54) is 51.4 Å². The molecule has 0 unspecified atom stereocenters. The molecule has 0 saturated heterocycles. The zero-order valence-electron chi connectivity index (χ0n) is 15.3. The van der Waals surface area contributed by atoms with E-state index in [1.54, 1.807) is 19.1 Å². The van der Waals surface area contributed by atoms with Gasteiger partial charge in [-0.3, -0.25) is 4.89 Å². The maximum absolute atomic E-state index is 11.8. The fraction of sp³-hybridized carbons (Fsp3) is 0.571. The number of hydrogen-bond acceptors (Lipinski definition) is 3. The molecule has 0 spiro atoms. The third kappa shape index (κ3) is 10.1. The van der Waals surface area contributed by atoms with Crippen molar-refractivity contribution in [2.24, 2.45) is 0 Å². The summed E-state index contributed by atoms with van der Waals surface area (Å²) in [4.78, 5) is 21.6. The predicted octanol–water partition coefficient (Wildman–Crippen LogP) is 6.39. The van der Waals surface area contributed by atoms with E-state index in [2.05, 4.69) is 6.92 Å². The Morgan fingerprint density at radius 1 is 0.917 bits per heavy atom. The zero-order valence-corrected chi connectivity index (χ0v) is 15.3. The first-order valence-electron chi connectivity index (χ1n) is 9.34. The van der Waals surface area contributed by atoms with Crippen LogP contribution in [0.25, 0.3) is 0 Å². The van der Waals surface area contributed by atoms with Crippen LogP contribution in [0.2, 0.25) is 0 Å². The van der Waals surface area contributed by atoms with Gasteiger partial charge >= 0.3 is 5.97 Å². The van der Waals surface area contributed by atoms with Crippen molar-refractivity contribution in [3.63, 3.8) is 0 Å². The molecule has 0 aromatic heterocycles. The van der Waals surface area contributed by atoms with Crippen molar-refractivity contribution < 1.29 is 14.6 Å². The smallest absolute Gasteiger partial charge is 0.287 e. The van der Waals surface area contributed by atoms with E-state index in [0.29, 0.717) is 11.3 Å². The molecule has 0 aliphatic rings. The zero-order chi connectivity index (χ0) is 17.5. The molecule has 0 bridgehead atoms. The fourth-order valence-electron chi connectivity index (χ4n) is 2.48. The second kappa shape index (κ2) is 13.6. The highest BCUT2D eigenvalue weighted by atomic mass is 17.2. The second-order valence-electron chi connectivity index (χ2n) is 6.27. The lowest BCUT2D eigenvalue weighted by atomic mass is 10.1. The molecular formula is C21H32O3. The molecule has 0 atom stereocenters. The molecular weight excluding hydrogens is 300 g/mol. The van der Waals surface area contributed by atoms with E-state index in [0.717, 1.165) is 12.8 Å². The number of carbonyl (C=O) groups excluding carboxylic acids is 1. The lowest BCUT2D eigenvalue weighted by molar-refractivity contribution is -0.208.